The molecule has 0 aliphatic carbocycles. The molecule has 1 atom stereocenters. The van der Waals surface area contributed by atoms with Crippen molar-refractivity contribution in [3.8, 4) is 23.0 Å². The molecule has 0 bridgehead atoms. The number of aromatic nitrogens is 12. The van der Waals surface area contributed by atoms with Gasteiger partial charge in [0.1, 0.15) is 46.5 Å². The summed E-state index contributed by atoms with van der Waals surface area (Å²) in [5.41, 5.74) is 4.74. The second kappa shape index (κ2) is 41.5. The van der Waals surface area contributed by atoms with Crippen LogP contribution in [0, 0.1) is 5.92 Å². The second-order valence-electron chi connectivity index (χ2n) is 31.0. The lowest BCUT2D eigenvalue weighted by molar-refractivity contribution is -0.119. The molecule has 0 radical (unpaired) electrons. The van der Waals surface area contributed by atoms with Crippen molar-refractivity contribution < 1.29 is 47.6 Å². The topological polar surface area (TPSA) is 376 Å². The van der Waals surface area contributed by atoms with Crippen LogP contribution in [0.4, 0.5) is 69.8 Å². The summed E-state index contributed by atoms with van der Waals surface area (Å²) >= 11 is 25.4. The molecule has 0 amide bonds. The van der Waals surface area contributed by atoms with Crippen molar-refractivity contribution in [2.75, 3.05) is 139 Å². The van der Waals surface area contributed by atoms with Crippen LogP contribution in [-0.2, 0) is 56.8 Å². The first-order valence-electron chi connectivity index (χ1n) is 40.9. The third-order valence-electron chi connectivity index (χ3n) is 21.0. The molecule has 4 aromatic carbocycles. The number of ether oxygens (including phenoxy) is 6. The maximum atomic E-state index is 12.5. The number of rotatable bonds is 24. The summed E-state index contributed by atoms with van der Waals surface area (Å²) < 4.78 is 38.5. The van der Waals surface area contributed by atoms with Gasteiger partial charge in [-0.05, 0) is 170 Å². The molecule has 126 heavy (non-hydrogen) atoms. The number of pyridine rings is 4. The number of benzene rings is 4. The summed E-state index contributed by atoms with van der Waals surface area (Å²) in [4.78, 5) is 139. The molecular weight excluding hydrogens is 1700 g/mol. The van der Waals surface area contributed by atoms with E-state index in [0.29, 0.717) is 119 Å². The van der Waals surface area contributed by atoms with Crippen molar-refractivity contribution in [2.45, 2.75) is 79.8 Å². The minimum atomic E-state index is -0.303. The molecule has 4 fully saturated rings. The van der Waals surface area contributed by atoms with Gasteiger partial charge in [0, 0.05) is 125 Å². The maximum Gasteiger partial charge on any atom is 0.293 e. The Morgan fingerprint density at radius 1 is 0.381 bits per heavy atom. The number of aryl methyl sites for hydroxylation is 4. The van der Waals surface area contributed by atoms with Crippen molar-refractivity contribution in [1.29, 1.82) is 0 Å². The van der Waals surface area contributed by atoms with Crippen LogP contribution in [-0.4, -0.2) is 186 Å². The maximum absolute atomic E-state index is 12.5. The molecule has 4 aliphatic rings. The molecule has 12 aromatic rings. The minimum absolute atomic E-state index is 0.103. The highest BCUT2D eigenvalue weighted by molar-refractivity contribution is 6.34. The monoisotopic (exact) mass is 1800 g/mol. The normalized spacial score (nSPS) is 14.7. The number of carbonyl (C=O) groups is 4. The van der Waals surface area contributed by atoms with E-state index in [1.807, 2.05) is 84.6 Å². The number of fused-ring (bicyclic) bond motifs is 4. The molecule has 1 unspecified atom stereocenters. The number of ketones is 4. The number of nitrogens with zero attached hydrogens (tertiary/aromatic N) is 16. The highest BCUT2D eigenvalue weighted by Crippen LogP contribution is 2.35. The van der Waals surface area contributed by atoms with Crippen molar-refractivity contribution >= 4 is 183 Å². The zero-order valence-electron chi connectivity index (χ0n) is 71.2. The van der Waals surface area contributed by atoms with Crippen molar-refractivity contribution in [3.05, 3.63) is 183 Å². The van der Waals surface area contributed by atoms with Gasteiger partial charge >= 0.3 is 0 Å². The average Bonchev–Trinajstić information content (AvgIpc) is 0.794. The quantitative estimate of drug-likeness (QED) is 0.0436. The van der Waals surface area contributed by atoms with Crippen LogP contribution in [0.25, 0.3) is 43.6 Å². The first-order valence-corrected chi connectivity index (χ1v) is 42.4. The molecule has 0 spiro atoms. The van der Waals surface area contributed by atoms with Crippen LogP contribution in [0.1, 0.15) is 73.6 Å². The largest absolute Gasteiger partial charge is 0.480 e. The highest BCUT2D eigenvalue weighted by Gasteiger charge is 2.25. The Kier molecular flexibility index (Phi) is 30.0. The number of carbonyl (C=O) groups excluding carboxylic acids is 4. The Bertz CT molecular complexity index is 6150. The summed E-state index contributed by atoms with van der Waals surface area (Å²) in [5.74, 6) is 5.09. The number of Topliss-reactive ketones (excluding diaryl/α,β-unsaturated/α-hetero) is 4. The standard InChI is InChI=1S/C23H26ClN5O3.C22H24ClN5O4.C22H24ClN5O3.C21H22ClN5O4/c1-14-6-8-29(9-7-14)23-25-12-18(24)21(27-23)26-17-4-5-19-16(10-17)11-20(22(31)28(19)3)32-13-15(2)30;1-13(29)12-32-19-9-15-8-16(4-5-18(15)27(3)21(19)30)25-20-17(23)10-24-22(26-20)28-6-7-31-14(2)11-28;1-14(29)13-31-19-11-15-10-16(6-7-18(15)27(2)21(19)30)25-20-17(23)12-24-22(26-20)28-8-4-3-5-9-28;1-13(28)12-31-18-10-14-9-15(3-4-17(14)26(2)20(18)29)24-19-16(22)11-23-21(25-19)27-5-7-30-8-6-27/h4-5,10-12,14H,6-9,13H2,1-3H3,(H,25,26,27);4-5,8-10,14H,6-7,11-12H2,1-3H3,(H,24,25,26);6-7,10-12H,3-5,8-9,13H2,1-2H3,(H,24,25,26);3-4,9-11H,5-8,12H2,1-2H3,(H,23,24,25). The lowest BCUT2D eigenvalue weighted by atomic mass is 10.00. The number of hydrogen-bond acceptors (Lipinski definition) is 30. The Labute approximate surface area is 744 Å². The summed E-state index contributed by atoms with van der Waals surface area (Å²) in [5, 5.41) is 17.7. The minimum Gasteiger partial charge on any atom is -0.480 e. The van der Waals surface area contributed by atoms with Crippen molar-refractivity contribution in [1.82, 2.24) is 58.1 Å². The molecule has 660 valence electrons. The summed E-state index contributed by atoms with van der Waals surface area (Å²) in [7, 11) is 6.67. The van der Waals surface area contributed by atoms with Crippen LogP contribution in [0.5, 0.6) is 23.0 Å². The number of piperidine rings is 2. The van der Waals surface area contributed by atoms with E-state index in [-0.39, 0.29) is 101 Å². The fourth-order valence-electron chi connectivity index (χ4n) is 14.3. The fourth-order valence-corrected chi connectivity index (χ4v) is 14.8. The van der Waals surface area contributed by atoms with Gasteiger partial charge in [0.15, 0.2) is 69.4 Å². The molecule has 4 saturated heterocycles. The van der Waals surface area contributed by atoms with E-state index in [2.05, 4.69) is 82.8 Å². The van der Waals surface area contributed by atoms with E-state index in [9.17, 15) is 38.4 Å². The molecule has 4 N–H and O–H groups in total. The Morgan fingerprint density at radius 2 is 0.659 bits per heavy atom. The number of anilines is 12. The van der Waals surface area contributed by atoms with Gasteiger partial charge in [0.25, 0.3) is 22.2 Å². The summed E-state index contributed by atoms with van der Waals surface area (Å²) in [6.07, 6.45) is 12.2. The average molecular weight is 1800 g/mol. The summed E-state index contributed by atoms with van der Waals surface area (Å²) in [6.45, 7) is 17.8. The fraction of sp³-hybridized carbons (Fsp3) is 0.364. The third kappa shape index (κ3) is 22.9. The lowest BCUT2D eigenvalue weighted by Crippen LogP contribution is -2.42. The van der Waals surface area contributed by atoms with Gasteiger partial charge in [-0.3, -0.25) is 38.4 Å². The predicted molar refractivity (Wildman–Crippen MR) is 490 cm³/mol. The van der Waals surface area contributed by atoms with Gasteiger partial charge in [-0.1, -0.05) is 53.3 Å². The molecule has 16 rings (SSSR count). The molecule has 0 saturated carbocycles. The molecule has 38 heteroatoms. The SMILES string of the molecule is CC(=O)COc1cc2cc(Nc3nc(N4CCC(C)CC4)ncc3Cl)ccc2n(C)c1=O.CC(=O)COc1cc2cc(Nc3nc(N4CCCCC4)ncc3Cl)ccc2n(C)c1=O.CC(=O)COc1cc2cc(Nc3nc(N4CCOC(C)C4)ncc3Cl)ccc2n(C)c1=O.CC(=O)COc1cc2cc(Nc3nc(N4CCOCC4)ncc3Cl)ccc2n(C)c1=O. The number of halogens is 4. The number of nitrogens with one attached hydrogen (secondary N) is 4. The Hall–Kier alpha value is -12.6. The second-order valence-corrected chi connectivity index (χ2v) is 32.6. The van der Waals surface area contributed by atoms with Crippen LogP contribution in [0.2, 0.25) is 20.1 Å². The molecule has 34 nitrogen and oxygen atoms in total. The van der Waals surface area contributed by atoms with Gasteiger partial charge < -0.3 is 87.6 Å². The zero-order valence-corrected chi connectivity index (χ0v) is 74.3. The third-order valence-corrected chi connectivity index (χ3v) is 22.1. The van der Waals surface area contributed by atoms with E-state index < -0.39 is 0 Å². The highest BCUT2D eigenvalue weighted by atomic mass is 35.5. The first-order chi connectivity index (χ1) is 60.5. The van der Waals surface area contributed by atoms with Gasteiger partial charge in [-0.2, -0.15) is 19.9 Å². The Balaban J connectivity index is 0.000000144. The van der Waals surface area contributed by atoms with E-state index in [1.54, 1.807) is 77.2 Å². The lowest BCUT2D eigenvalue weighted by Gasteiger charge is -2.31. The van der Waals surface area contributed by atoms with Crippen LogP contribution in [0.15, 0.2) is 141 Å². The predicted octanol–water partition coefficient (Wildman–Crippen LogP) is 13.1. The van der Waals surface area contributed by atoms with Crippen LogP contribution >= 0.6 is 46.4 Å². The van der Waals surface area contributed by atoms with Gasteiger partial charge in [0.2, 0.25) is 23.8 Å². The Morgan fingerprint density at radius 3 is 0.952 bits per heavy atom. The molecular formula is C88H96Cl4N20O14. The van der Waals surface area contributed by atoms with Crippen LogP contribution in [0.3, 0.4) is 0 Å². The zero-order chi connectivity index (χ0) is 89.6. The van der Waals surface area contributed by atoms with Crippen LogP contribution < -0.4 is 82.1 Å². The smallest absolute Gasteiger partial charge is 0.293 e. The van der Waals surface area contributed by atoms with Gasteiger partial charge in [-0.25, -0.2) is 19.9 Å². The molecule has 12 heterocycles. The van der Waals surface area contributed by atoms with Crippen molar-refractivity contribution in [2.24, 2.45) is 34.1 Å². The van der Waals surface area contributed by atoms with Crippen molar-refractivity contribution in [3.63, 3.8) is 0 Å². The van der Waals surface area contributed by atoms with E-state index in [0.717, 1.165) is 118 Å². The van der Waals surface area contributed by atoms with E-state index in [1.165, 1.54) is 52.4 Å². The van der Waals surface area contributed by atoms with Gasteiger partial charge in [0.05, 0.1) is 72.8 Å². The molecule has 4 aliphatic heterocycles. The molecule has 8 aromatic heterocycles. The van der Waals surface area contributed by atoms with E-state index in [4.69, 9.17) is 74.8 Å². The van der Waals surface area contributed by atoms with E-state index >= 15 is 0 Å². The number of morpholine rings is 2. The summed E-state index contributed by atoms with van der Waals surface area (Å²) in [6, 6.07) is 28.8. The number of hydrogen-bond donors (Lipinski definition) is 4. The van der Waals surface area contributed by atoms with Gasteiger partial charge in [-0.15, -0.1) is 0 Å². The first kappa shape index (κ1) is 91.1.